The Morgan fingerprint density at radius 2 is 2.57 bits per heavy atom. The number of hydrogen-bond acceptors (Lipinski definition) is 1. The van der Waals surface area contributed by atoms with Gasteiger partial charge in [0.2, 0.25) is 0 Å². The molecule has 0 bridgehead atoms. The number of hydrogen-bond donors (Lipinski definition) is 0. The number of rotatable bonds is 1. The maximum atomic E-state index is 4.72. The smallest absolute Gasteiger partial charge is 0.00424 e. The first-order valence-corrected chi connectivity index (χ1v) is 3.05. The summed E-state index contributed by atoms with van der Waals surface area (Å²) in [7, 11) is 0. The van der Waals surface area contributed by atoms with Crippen LogP contribution in [0, 0.1) is 0 Å². The van der Waals surface area contributed by atoms with Gasteiger partial charge in [0.25, 0.3) is 0 Å². The van der Waals surface area contributed by atoms with Crippen LogP contribution >= 0.6 is 12.2 Å². The lowest BCUT2D eigenvalue weighted by Crippen LogP contribution is -1.70. The number of thiocarbonyl (C=S) groups is 1. The summed E-state index contributed by atoms with van der Waals surface area (Å²) in [5.41, 5.74) is 1.36. The molecule has 0 spiro atoms. The molecule has 1 rings (SSSR count). The van der Waals surface area contributed by atoms with Crippen molar-refractivity contribution in [2.24, 2.45) is 0 Å². The van der Waals surface area contributed by atoms with Gasteiger partial charge in [-0.25, -0.2) is 0 Å². The highest BCUT2D eigenvalue weighted by Gasteiger charge is 1.98. The third kappa shape index (κ3) is 1.10. The zero-order chi connectivity index (χ0) is 5.11. The van der Waals surface area contributed by atoms with E-state index in [9.17, 15) is 0 Å². The monoisotopic (exact) mass is 112 g/mol. The Morgan fingerprint density at radius 3 is 2.86 bits per heavy atom. The topological polar surface area (TPSA) is 0 Å². The van der Waals surface area contributed by atoms with E-state index in [0.717, 1.165) is 0 Å². The van der Waals surface area contributed by atoms with E-state index in [-0.39, 0.29) is 0 Å². The summed E-state index contributed by atoms with van der Waals surface area (Å²) < 4.78 is 0. The lowest BCUT2D eigenvalue weighted by molar-refractivity contribution is 0.922. The molecule has 1 heteroatoms. The molecule has 38 valence electrons. The van der Waals surface area contributed by atoms with Gasteiger partial charge in [0, 0.05) is 5.37 Å². The Hall–Kier alpha value is -0.170. The molecule has 0 fully saturated rings. The van der Waals surface area contributed by atoms with Crippen LogP contribution in [-0.2, 0) is 0 Å². The molecule has 0 aromatic rings. The van der Waals surface area contributed by atoms with Gasteiger partial charge in [0.05, 0.1) is 0 Å². The molecule has 0 nitrogen and oxygen atoms in total. The van der Waals surface area contributed by atoms with E-state index in [4.69, 9.17) is 12.2 Å². The SMILES string of the molecule is S=CC1=CCCC1. The van der Waals surface area contributed by atoms with Gasteiger partial charge in [-0.1, -0.05) is 18.3 Å². The minimum Gasteiger partial charge on any atom is -0.0884 e. The molecule has 0 aromatic heterocycles. The predicted octanol–water partition coefficient (Wildman–Crippen LogP) is 2.10. The summed E-state index contributed by atoms with van der Waals surface area (Å²) in [5.74, 6) is 0. The Kier molecular flexibility index (Phi) is 1.58. The van der Waals surface area contributed by atoms with Gasteiger partial charge in [-0.05, 0) is 24.8 Å². The molecule has 0 radical (unpaired) electrons. The lowest BCUT2D eigenvalue weighted by Gasteiger charge is -1.81. The van der Waals surface area contributed by atoms with E-state index in [1.807, 2.05) is 0 Å². The van der Waals surface area contributed by atoms with Crippen molar-refractivity contribution in [1.82, 2.24) is 0 Å². The van der Waals surface area contributed by atoms with Gasteiger partial charge < -0.3 is 0 Å². The molecule has 0 saturated heterocycles. The van der Waals surface area contributed by atoms with Crippen molar-refractivity contribution in [2.45, 2.75) is 19.3 Å². The van der Waals surface area contributed by atoms with E-state index in [2.05, 4.69) is 6.08 Å². The Labute approximate surface area is 49.2 Å². The first-order valence-electron chi connectivity index (χ1n) is 2.57. The van der Waals surface area contributed by atoms with Crippen molar-refractivity contribution in [3.8, 4) is 0 Å². The standard InChI is InChI=1S/C6H8S/c7-5-6-3-1-2-4-6/h3,5H,1-2,4H2. The van der Waals surface area contributed by atoms with Crippen LogP contribution < -0.4 is 0 Å². The second-order valence-corrected chi connectivity index (χ2v) is 2.02. The summed E-state index contributed by atoms with van der Waals surface area (Å²) in [5, 5.41) is 1.78. The van der Waals surface area contributed by atoms with Crippen molar-refractivity contribution in [1.29, 1.82) is 0 Å². The van der Waals surface area contributed by atoms with Crippen LogP contribution in [0.25, 0.3) is 0 Å². The molecule has 0 aromatic carbocycles. The molecule has 0 heterocycles. The van der Waals surface area contributed by atoms with E-state index >= 15 is 0 Å². The maximum Gasteiger partial charge on any atom is 0.00424 e. The lowest BCUT2D eigenvalue weighted by atomic mass is 10.3. The van der Waals surface area contributed by atoms with Gasteiger partial charge in [-0.15, -0.1) is 0 Å². The van der Waals surface area contributed by atoms with Crippen LogP contribution in [0.2, 0.25) is 0 Å². The average Bonchev–Trinajstić information content (AvgIpc) is 2.14. The molecule has 0 aliphatic heterocycles. The Morgan fingerprint density at radius 1 is 1.71 bits per heavy atom. The molecular formula is C6H8S. The third-order valence-corrected chi connectivity index (χ3v) is 1.53. The molecule has 1 aliphatic rings. The molecule has 7 heavy (non-hydrogen) atoms. The van der Waals surface area contributed by atoms with Crippen LogP contribution in [0.3, 0.4) is 0 Å². The second-order valence-electron chi connectivity index (χ2n) is 1.79. The van der Waals surface area contributed by atoms with E-state index in [0.29, 0.717) is 0 Å². The molecule has 0 unspecified atom stereocenters. The zero-order valence-electron chi connectivity index (χ0n) is 4.18. The van der Waals surface area contributed by atoms with Crippen molar-refractivity contribution in [2.75, 3.05) is 0 Å². The van der Waals surface area contributed by atoms with Gasteiger partial charge in [-0.3, -0.25) is 0 Å². The highest BCUT2D eigenvalue weighted by atomic mass is 32.1. The Balaban J connectivity index is 2.51. The highest BCUT2D eigenvalue weighted by Crippen LogP contribution is 2.14. The fourth-order valence-electron chi connectivity index (χ4n) is 0.803. The van der Waals surface area contributed by atoms with Crippen LogP contribution in [-0.4, -0.2) is 5.37 Å². The fraction of sp³-hybridized carbons (Fsp3) is 0.500. The molecule has 0 atom stereocenters. The van der Waals surface area contributed by atoms with Crippen molar-refractivity contribution in [3.05, 3.63) is 11.6 Å². The van der Waals surface area contributed by atoms with Crippen LogP contribution in [0.4, 0.5) is 0 Å². The first kappa shape index (κ1) is 4.98. The van der Waals surface area contributed by atoms with Gasteiger partial charge in [0.1, 0.15) is 0 Å². The second kappa shape index (κ2) is 2.22. The Bertz CT molecular complexity index is 103. The quantitative estimate of drug-likeness (QED) is 0.468. The largest absolute Gasteiger partial charge is 0.0884 e. The average molecular weight is 112 g/mol. The molecule has 0 saturated carbocycles. The van der Waals surface area contributed by atoms with Gasteiger partial charge >= 0.3 is 0 Å². The van der Waals surface area contributed by atoms with Crippen molar-refractivity contribution >= 4 is 17.6 Å². The van der Waals surface area contributed by atoms with Crippen LogP contribution in [0.1, 0.15) is 19.3 Å². The highest BCUT2D eigenvalue weighted by molar-refractivity contribution is 7.79. The fourth-order valence-corrected chi connectivity index (χ4v) is 1.02. The summed E-state index contributed by atoms with van der Waals surface area (Å²) in [6.45, 7) is 0. The maximum absolute atomic E-state index is 4.72. The zero-order valence-corrected chi connectivity index (χ0v) is 5.00. The van der Waals surface area contributed by atoms with Crippen LogP contribution in [0.5, 0.6) is 0 Å². The van der Waals surface area contributed by atoms with Crippen LogP contribution in [0.15, 0.2) is 11.6 Å². The minimum absolute atomic E-state index is 1.21. The summed E-state index contributed by atoms with van der Waals surface area (Å²) >= 11 is 4.72. The predicted molar refractivity (Wildman–Crippen MR) is 35.6 cm³/mol. The first-order chi connectivity index (χ1) is 3.43. The van der Waals surface area contributed by atoms with E-state index in [1.54, 1.807) is 5.37 Å². The molecule has 1 aliphatic carbocycles. The summed E-state index contributed by atoms with van der Waals surface area (Å²) in [6.07, 6.45) is 5.97. The minimum atomic E-state index is 1.21. The third-order valence-electron chi connectivity index (χ3n) is 1.23. The normalized spacial score (nSPS) is 19.1. The summed E-state index contributed by atoms with van der Waals surface area (Å²) in [6, 6.07) is 0. The van der Waals surface area contributed by atoms with Crippen molar-refractivity contribution in [3.63, 3.8) is 0 Å². The van der Waals surface area contributed by atoms with Gasteiger partial charge in [-0.2, -0.15) is 0 Å². The van der Waals surface area contributed by atoms with Crippen molar-refractivity contribution < 1.29 is 0 Å². The number of allylic oxidation sites excluding steroid dienone is 2. The molecule has 0 N–H and O–H groups in total. The van der Waals surface area contributed by atoms with E-state index < -0.39 is 0 Å². The molecular weight excluding hydrogens is 104 g/mol. The molecule has 0 amide bonds. The van der Waals surface area contributed by atoms with E-state index in [1.165, 1.54) is 24.8 Å². The summed E-state index contributed by atoms with van der Waals surface area (Å²) in [4.78, 5) is 0. The van der Waals surface area contributed by atoms with Gasteiger partial charge in [0.15, 0.2) is 0 Å².